The highest BCUT2D eigenvalue weighted by molar-refractivity contribution is 7.90. The lowest BCUT2D eigenvalue weighted by atomic mass is 9.95. The van der Waals surface area contributed by atoms with Gasteiger partial charge in [0.1, 0.15) is 11.0 Å². The number of benzene rings is 1. The van der Waals surface area contributed by atoms with Crippen LogP contribution in [0.5, 0.6) is 0 Å². The minimum absolute atomic E-state index is 0.189. The van der Waals surface area contributed by atoms with Crippen LogP contribution in [0.15, 0.2) is 78.2 Å². The Balaban J connectivity index is 1.52. The number of nitrogens with one attached hydrogen (secondary N) is 1. The lowest BCUT2D eigenvalue weighted by Crippen LogP contribution is -2.22. The van der Waals surface area contributed by atoms with Crippen LogP contribution in [0.1, 0.15) is 32.1 Å². The molecule has 0 aliphatic heterocycles. The minimum atomic E-state index is -3.90. The maximum absolute atomic E-state index is 13.7. The van der Waals surface area contributed by atoms with Gasteiger partial charge in [0.25, 0.3) is 10.0 Å². The summed E-state index contributed by atoms with van der Waals surface area (Å²) in [5, 5.41) is 8.83. The highest BCUT2D eigenvalue weighted by atomic mass is 35.5. The summed E-state index contributed by atoms with van der Waals surface area (Å²) >= 11 is 6.49. The monoisotopic (exact) mass is 546 g/mol. The molecule has 10 heteroatoms. The predicted molar refractivity (Wildman–Crippen MR) is 150 cm³/mol. The van der Waals surface area contributed by atoms with Gasteiger partial charge in [-0.05, 0) is 48.7 Å². The van der Waals surface area contributed by atoms with Gasteiger partial charge in [0.05, 0.1) is 11.1 Å². The molecule has 1 saturated carbocycles. The van der Waals surface area contributed by atoms with E-state index in [9.17, 15) is 8.42 Å². The van der Waals surface area contributed by atoms with Gasteiger partial charge in [0, 0.05) is 53.8 Å². The molecule has 4 heterocycles. The third-order valence-corrected chi connectivity index (χ3v) is 8.87. The molecule has 0 amide bonds. The van der Waals surface area contributed by atoms with E-state index in [-0.39, 0.29) is 4.90 Å². The number of halogens is 1. The van der Waals surface area contributed by atoms with Gasteiger partial charge in [-0.2, -0.15) is 5.10 Å². The Labute approximate surface area is 226 Å². The number of fused-ring (bicyclic) bond motifs is 1. The van der Waals surface area contributed by atoms with Crippen LogP contribution in [0.3, 0.4) is 0 Å². The highest BCUT2D eigenvalue weighted by Gasteiger charge is 2.24. The van der Waals surface area contributed by atoms with Crippen molar-refractivity contribution in [3.63, 3.8) is 0 Å². The Morgan fingerprint density at radius 2 is 1.74 bits per heavy atom. The number of aryl methyl sites for hydroxylation is 1. The molecule has 1 fully saturated rings. The summed E-state index contributed by atoms with van der Waals surface area (Å²) in [4.78, 5) is 9.32. The molecule has 194 valence electrons. The van der Waals surface area contributed by atoms with Crippen molar-refractivity contribution in [2.45, 2.75) is 43.0 Å². The molecule has 0 spiro atoms. The largest absolute Gasteiger partial charge is 0.367 e. The van der Waals surface area contributed by atoms with Crippen molar-refractivity contribution in [2.24, 2.45) is 7.05 Å². The zero-order valence-electron chi connectivity index (χ0n) is 20.9. The van der Waals surface area contributed by atoms with Gasteiger partial charge in [0.2, 0.25) is 0 Å². The van der Waals surface area contributed by atoms with Gasteiger partial charge >= 0.3 is 0 Å². The topological polar surface area (TPSA) is 94.7 Å². The Bertz CT molecular complexity index is 1720. The summed E-state index contributed by atoms with van der Waals surface area (Å²) in [5.74, 6) is 0.683. The molecular weight excluding hydrogens is 520 g/mol. The van der Waals surface area contributed by atoms with Crippen LogP contribution < -0.4 is 5.32 Å². The first-order chi connectivity index (χ1) is 18.4. The average Bonchev–Trinajstić information content (AvgIpc) is 3.53. The summed E-state index contributed by atoms with van der Waals surface area (Å²) in [6.07, 6.45) is 12.8. The predicted octanol–water partition coefficient (Wildman–Crippen LogP) is 6.13. The first-order valence-corrected chi connectivity index (χ1v) is 14.5. The van der Waals surface area contributed by atoms with E-state index in [2.05, 4.69) is 20.4 Å². The molecule has 0 unspecified atom stereocenters. The second-order valence-corrected chi connectivity index (χ2v) is 11.9. The van der Waals surface area contributed by atoms with E-state index in [1.54, 1.807) is 59.7 Å². The zero-order valence-corrected chi connectivity index (χ0v) is 22.5. The fraction of sp³-hybridized carbons (Fsp3) is 0.250. The van der Waals surface area contributed by atoms with E-state index in [1.165, 1.54) is 23.2 Å². The van der Waals surface area contributed by atoms with Crippen LogP contribution in [0.4, 0.5) is 5.82 Å². The van der Waals surface area contributed by atoms with E-state index < -0.39 is 10.0 Å². The maximum Gasteiger partial charge on any atom is 0.269 e. The second kappa shape index (κ2) is 9.89. The van der Waals surface area contributed by atoms with Crippen molar-refractivity contribution < 1.29 is 8.42 Å². The fourth-order valence-corrected chi connectivity index (χ4v) is 6.66. The van der Waals surface area contributed by atoms with Crippen molar-refractivity contribution in [1.82, 2.24) is 23.7 Å². The molecule has 8 nitrogen and oxygen atoms in total. The summed E-state index contributed by atoms with van der Waals surface area (Å²) in [5.41, 5.74) is 3.53. The normalized spacial score (nSPS) is 14.7. The quantitative estimate of drug-likeness (QED) is 0.257. The maximum atomic E-state index is 13.7. The third kappa shape index (κ3) is 4.68. The van der Waals surface area contributed by atoms with Crippen LogP contribution in [0, 0.1) is 0 Å². The number of pyridine rings is 2. The van der Waals surface area contributed by atoms with Crippen molar-refractivity contribution in [2.75, 3.05) is 5.32 Å². The van der Waals surface area contributed by atoms with Crippen LogP contribution >= 0.6 is 11.6 Å². The van der Waals surface area contributed by atoms with Crippen molar-refractivity contribution in [3.05, 3.63) is 78.5 Å². The van der Waals surface area contributed by atoms with Gasteiger partial charge in [-0.15, -0.1) is 0 Å². The zero-order chi connectivity index (χ0) is 26.3. The first-order valence-electron chi connectivity index (χ1n) is 12.6. The van der Waals surface area contributed by atoms with Crippen molar-refractivity contribution in [3.8, 4) is 22.3 Å². The van der Waals surface area contributed by atoms with Gasteiger partial charge in [-0.1, -0.05) is 49.1 Å². The van der Waals surface area contributed by atoms with Gasteiger partial charge < -0.3 is 5.32 Å². The Morgan fingerprint density at radius 3 is 2.47 bits per heavy atom. The summed E-state index contributed by atoms with van der Waals surface area (Å²) in [6, 6.07) is 14.4. The smallest absolute Gasteiger partial charge is 0.269 e. The molecule has 6 rings (SSSR count). The average molecular weight is 547 g/mol. The molecule has 0 atom stereocenters. The lowest BCUT2D eigenvalue weighted by Gasteiger charge is -2.23. The molecule has 1 N–H and O–H groups in total. The number of hydrogen-bond acceptors (Lipinski definition) is 6. The van der Waals surface area contributed by atoms with Gasteiger partial charge in [-0.25, -0.2) is 22.4 Å². The Kier molecular flexibility index (Phi) is 6.41. The number of nitrogens with zero attached hydrogens (tertiary/aromatic N) is 5. The van der Waals surface area contributed by atoms with Crippen LogP contribution in [-0.4, -0.2) is 38.2 Å². The Morgan fingerprint density at radius 1 is 0.947 bits per heavy atom. The molecule has 4 aromatic heterocycles. The standard InChI is InChI=1S/C28H27ClN6O2S/c1-34-17-21(16-31-34)20-12-24-25(19-13-26(29)33-27(14-19)32-22-8-4-2-5-9-22)18-35(28(24)30-15-20)38(36,37)23-10-6-3-7-11-23/h3,6-7,10-18,22H,2,4-5,8-9H2,1H3,(H,32,33). The van der Waals surface area contributed by atoms with Gasteiger partial charge in [-0.3, -0.25) is 4.68 Å². The highest BCUT2D eigenvalue weighted by Crippen LogP contribution is 2.36. The van der Waals surface area contributed by atoms with E-state index in [0.717, 1.165) is 29.5 Å². The van der Waals surface area contributed by atoms with E-state index in [1.807, 2.05) is 25.4 Å². The summed E-state index contributed by atoms with van der Waals surface area (Å²) in [6.45, 7) is 0. The van der Waals surface area contributed by atoms with E-state index >= 15 is 0 Å². The van der Waals surface area contributed by atoms with Crippen molar-refractivity contribution >= 4 is 38.5 Å². The molecular formula is C28H27ClN6O2S. The SMILES string of the molecule is Cn1cc(-c2cnc3c(c2)c(-c2cc(Cl)nc(NC4CCCCC4)c2)cn3S(=O)(=O)c2ccccc2)cn1. The lowest BCUT2D eigenvalue weighted by molar-refractivity contribution is 0.462. The molecule has 38 heavy (non-hydrogen) atoms. The third-order valence-electron chi connectivity index (χ3n) is 7.01. The number of anilines is 1. The minimum Gasteiger partial charge on any atom is -0.367 e. The second-order valence-electron chi connectivity index (χ2n) is 9.70. The van der Waals surface area contributed by atoms with E-state index in [0.29, 0.717) is 33.6 Å². The first kappa shape index (κ1) is 24.6. The molecule has 0 saturated heterocycles. The van der Waals surface area contributed by atoms with Crippen LogP contribution in [0.25, 0.3) is 33.3 Å². The molecule has 0 bridgehead atoms. The molecule has 1 aliphatic rings. The van der Waals surface area contributed by atoms with Crippen molar-refractivity contribution in [1.29, 1.82) is 0 Å². The fourth-order valence-electron chi connectivity index (χ4n) is 5.11. The summed E-state index contributed by atoms with van der Waals surface area (Å²) in [7, 11) is -2.04. The number of aromatic nitrogens is 5. The van der Waals surface area contributed by atoms with Crippen LogP contribution in [-0.2, 0) is 17.1 Å². The number of hydrogen-bond donors (Lipinski definition) is 1. The summed E-state index contributed by atoms with van der Waals surface area (Å²) < 4.78 is 30.4. The van der Waals surface area contributed by atoms with E-state index in [4.69, 9.17) is 11.6 Å². The Hall–Kier alpha value is -3.69. The van der Waals surface area contributed by atoms with Gasteiger partial charge in [0.15, 0.2) is 5.65 Å². The molecule has 5 aromatic rings. The molecule has 1 aromatic carbocycles. The molecule has 1 aliphatic carbocycles. The molecule has 0 radical (unpaired) electrons. The number of rotatable bonds is 6. The van der Waals surface area contributed by atoms with Crippen LogP contribution in [0.2, 0.25) is 5.15 Å².